The monoisotopic (exact) mass is 300 g/mol. The summed E-state index contributed by atoms with van der Waals surface area (Å²) in [6.07, 6.45) is 2.62. The fourth-order valence-corrected chi connectivity index (χ4v) is 2.56. The van der Waals surface area contributed by atoms with Crippen molar-refractivity contribution in [3.8, 4) is 0 Å². The van der Waals surface area contributed by atoms with Crippen molar-refractivity contribution >= 4 is 24.1 Å². The Kier molecular flexibility index (Phi) is 5.33. The van der Waals surface area contributed by atoms with E-state index in [1.807, 2.05) is 26.0 Å². The van der Waals surface area contributed by atoms with E-state index >= 15 is 0 Å². The topological polar surface area (TPSA) is 49.2 Å². The lowest BCUT2D eigenvalue weighted by atomic mass is 9.86. The van der Waals surface area contributed by atoms with Gasteiger partial charge in [-0.15, -0.1) is 0 Å². The molecule has 0 amide bonds. The van der Waals surface area contributed by atoms with Crippen LogP contribution in [0.3, 0.4) is 0 Å². The zero-order valence-corrected chi connectivity index (χ0v) is 13.4. The predicted octanol–water partition coefficient (Wildman–Crippen LogP) is 3.30. The third-order valence-electron chi connectivity index (χ3n) is 3.78. The summed E-state index contributed by atoms with van der Waals surface area (Å²) in [5.41, 5.74) is 2.30. The largest absolute Gasteiger partial charge is 0.371 e. The molecule has 22 heavy (non-hydrogen) atoms. The number of nitrogens with zero attached hydrogens (tertiary/aromatic N) is 3. The number of hydrogen-bond donors (Lipinski definition) is 1. The Morgan fingerprint density at radius 2 is 1.95 bits per heavy atom. The summed E-state index contributed by atoms with van der Waals surface area (Å²) in [7, 11) is 0. The summed E-state index contributed by atoms with van der Waals surface area (Å²) >= 11 is 0. The van der Waals surface area contributed by atoms with Crippen LogP contribution in [0.1, 0.15) is 20.3 Å². The molecule has 1 aromatic rings. The van der Waals surface area contributed by atoms with E-state index in [9.17, 15) is 0 Å². The number of ether oxygens (including phenoxy) is 1. The molecule has 0 aromatic heterocycles. The molecule has 1 spiro atoms. The summed E-state index contributed by atoms with van der Waals surface area (Å²) in [4.78, 5) is 10.1. The number of guanidine groups is 1. The molecule has 3 rings (SSSR count). The molecule has 5 heteroatoms. The van der Waals surface area contributed by atoms with Crippen LogP contribution in [0.5, 0.6) is 0 Å². The highest BCUT2D eigenvalue weighted by atomic mass is 16.5. The zero-order chi connectivity index (χ0) is 16.0. The Hall–Kier alpha value is -2.14. The molecule has 0 aliphatic carbocycles. The molecule has 0 atom stereocenters. The van der Waals surface area contributed by atoms with Crippen LogP contribution in [0.4, 0.5) is 11.4 Å². The molecule has 0 saturated carbocycles. The molecule has 2 heterocycles. The molecular weight excluding hydrogens is 276 g/mol. The van der Waals surface area contributed by atoms with Crippen LogP contribution in [-0.2, 0) is 4.74 Å². The molecule has 1 N–H and O–H groups in total. The first-order valence-corrected chi connectivity index (χ1v) is 7.66. The molecule has 2 aliphatic rings. The van der Waals surface area contributed by atoms with E-state index in [0.29, 0.717) is 5.96 Å². The van der Waals surface area contributed by atoms with Crippen molar-refractivity contribution in [2.24, 2.45) is 9.98 Å². The fourth-order valence-electron chi connectivity index (χ4n) is 2.56. The van der Waals surface area contributed by atoms with E-state index in [0.717, 1.165) is 25.4 Å². The van der Waals surface area contributed by atoms with Gasteiger partial charge in [0.1, 0.15) is 5.60 Å². The minimum absolute atomic E-state index is 0.160. The van der Waals surface area contributed by atoms with Crippen LogP contribution < -0.4 is 10.2 Å². The first-order valence-electron chi connectivity index (χ1n) is 7.66. The van der Waals surface area contributed by atoms with Gasteiger partial charge in [-0.2, -0.15) is 0 Å². The van der Waals surface area contributed by atoms with E-state index in [-0.39, 0.29) is 5.60 Å². The van der Waals surface area contributed by atoms with Gasteiger partial charge in [0.05, 0.1) is 6.61 Å². The van der Waals surface area contributed by atoms with Crippen LogP contribution >= 0.6 is 0 Å². The molecule has 1 aromatic carbocycles. The van der Waals surface area contributed by atoms with Gasteiger partial charge in [-0.25, -0.2) is 9.98 Å². The predicted molar refractivity (Wildman–Crippen MR) is 94.1 cm³/mol. The third kappa shape index (κ3) is 3.36. The number of nitrogens with one attached hydrogen (secondary N) is 1. The van der Waals surface area contributed by atoms with E-state index in [1.54, 1.807) is 0 Å². The summed E-state index contributed by atoms with van der Waals surface area (Å²) in [5.74, 6) is 0.443. The van der Waals surface area contributed by atoms with Crippen LogP contribution in [0.2, 0.25) is 0 Å². The highest BCUT2D eigenvalue weighted by Gasteiger charge is 2.49. The van der Waals surface area contributed by atoms with Crippen molar-refractivity contribution in [1.29, 1.82) is 0 Å². The van der Waals surface area contributed by atoms with Crippen molar-refractivity contribution in [3.05, 3.63) is 37.0 Å². The first kappa shape index (κ1) is 16.2. The van der Waals surface area contributed by atoms with Gasteiger partial charge in [-0.1, -0.05) is 20.4 Å². The summed E-state index contributed by atoms with van der Waals surface area (Å²) in [6.45, 7) is 13.9. The Morgan fingerprint density at radius 1 is 1.32 bits per heavy atom. The maximum Gasteiger partial charge on any atom is 0.226 e. The second-order valence-corrected chi connectivity index (χ2v) is 5.10. The van der Waals surface area contributed by atoms with Gasteiger partial charge < -0.3 is 15.0 Å². The summed E-state index contributed by atoms with van der Waals surface area (Å²) < 4.78 is 5.63. The van der Waals surface area contributed by atoms with E-state index < -0.39 is 0 Å². The van der Waals surface area contributed by atoms with Gasteiger partial charge in [-0.3, -0.25) is 0 Å². The first-order chi connectivity index (χ1) is 10.7. The standard InChI is InChI=1S/C15H18N4O.C2H6/c1-3-17-14(16-2)18-12-4-6-13(7-5-12)19-10-15(11-19)8-9-20-15;1-2/h3-7H,1-2,8-11H2,(H,17,18);1-2H3. The smallest absolute Gasteiger partial charge is 0.226 e. The van der Waals surface area contributed by atoms with E-state index in [2.05, 4.69) is 45.6 Å². The molecule has 5 nitrogen and oxygen atoms in total. The molecular formula is C17H24N4O. The number of rotatable bonds is 3. The molecule has 118 valence electrons. The summed E-state index contributed by atoms with van der Waals surface area (Å²) in [5, 5.41) is 3.08. The van der Waals surface area contributed by atoms with Gasteiger partial charge in [0, 0.05) is 37.1 Å². The van der Waals surface area contributed by atoms with Gasteiger partial charge >= 0.3 is 0 Å². The van der Waals surface area contributed by atoms with Crippen LogP contribution in [0.25, 0.3) is 0 Å². The highest BCUT2D eigenvalue weighted by molar-refractivity contribution is 5.96. The van der Waals surface area contributed by atoms with E-state index in [1.165, 1.54) is 18.3 Å². The maximum absolute atomic E-state index is 5.63. The molecule has 0 unspecified atom stereocenters. The van der Waals surface area contributed by atoms with Crippen molar-refractivity contribution in [2.45, 2.75) is 25.9 Å². The average Bonchev–Trinajstić information content (AvgIpc) is 2.47. The van der Waals surface area contributed by atoms with Crippen molar-refractivity contribution < 1.29 is 4.74 Å². The Morgan fingerprint density at radius 3 is 2.41 bits per heavy atom. The number of anilines is 2. The quantitative estimate of drug-likeness (QED) is 0.688. The normalized spacial score (nSPS) is 18.5. The van der Waals surface area contributed by atoms with Gasteiger partial charge in [0.2, 0.25) is 5.96 Å². The Bertz CT molecular complexity index is 538. The van der Waals surface area contributed by atoms with E-state index in [4.69, 9.17) is 4.74 Å². The highest BCUT2D eigenvalue weighted by Crippen LogP contribution is 2.38. The van der Waals surface area contributed by atoms with Crippen LogP contribution in [-0.4, -0.2) is 38.0 Å². The zero-order valence-electron chi connectivity index (χ0n) is 13.4. The Balaban J connectivity index is 0.000000847. The number of benzene rings is 1. The van der Waals surface area contributed by atoms with Gasteiger partial charge in [0.25, 0.3) is 0 Å². The lowest BCUT2D eigenvalue weighted by Crippen LogP contribution is -2.68. The minimum Gasteiger partial charge on any atom is -0.371 e. The molecule has 2 fully saturated rings. The van der Waals surface area contributed by atoms with Gasteiger partial charge in [0.15, 0.2) is 0 Å². The third-order valence-corrected chi connectivity index (χ3v) is 3.78. The number of aliphatic imine (C=N–C) groups is 2. The molecule has 2 saturated heterocycles. The maximum atomic E-state index is 5.63. The minimum atomic E-state index is 0.160. The average molecular weight is 300 g/mol. The Labute approximate surface area is 132 Å². The van der Waals surface area contributed by atoms with Gasteiger partial charge in [-0.05, 0) is 31.0 Å². The van der Waals surface area contributed by atoms with Crippen molar-refractivity contribution in [3.63, 3.8) is 0 Å². The SMILES string of the molecule is C=CN=C(N=C)Nc1ccc(N2CC3(CCO3)C2)cc1.CC. The lowest BCUT2D eigenvalue weighted by molar-refractivity contribution is -0.160. The summed E-state index contributed by atoms with van der Waals surface area (Å²) in [6, 6.07) is 8.18. The molecule has 0 radical (unpaired) electrons. The number of hydrogen-bond acceptors (Lipinski definition) is 3. The second kappa shape index (κ2) is 7.22. The lowest BCUT2D eigenvalue weighted by Gasteiger charge is -2.56. The second-order valence-electron chi connectivity index (χ2n) is 5.10. The fraction of sp³-hybridized carbons (Fsp3) is 0.412. The molecule has 2 aliphatic heterocycles. The van der Waals surface area contributed by atoms with Crippen LogP contribution in [0, 0.1) is 0 Å². The van der Waals surface area contributed by atoms with Crippen molar-refractivity contribution in [1.82, 2.24) is 0 Å². The van der Waals surface area contributed by atoms with Crippen LogP contribution in [0.15, 0.2) is 47.0 Å². The molecule has 0 bridgehead atoms. The van der Waals surface area contributed by atoms with Crippen molar-refractivity contribution in [2.75, 3.05) is 29.9 Å².